The molecule has 0 bridgehead atoms. The summed E-state index contributed by atoms with van der Waals surface area (Å²) in [5.74, 6) is -0.221. The van der Waals surface area contributed by atoms with Crippen molar-refractivity contribution in [3.05, 3.63) is 11.6 Å². The van der Waals surface area contributed by atoms with Crippen LogP contribution in [0.15, 0.2) is 11.6 Å². The Morgan fingerprint density at radius 3 is 2.70 bits per heavy atom. The maximum atomic E-state index is 10.7. The molecule has 3 nitrogen and oxygen atoms in total. The molecule has 0 aromatic carbocycles. The van der Waals surface area contributed by atoms with Gasteiger partial charge in [-0.25, -0.2) is 0 Å². The van der Waals surface area contributed by atoms with Crippen molar-refractivity contribution in [3.8, 4) is 0 Å². The highest BCUT2D eigenvalue weighted by Crippen LogP contribution is 2.04. The Kier molecular flexibility index (Phi) is 4.07. The minimum Gasteiger partial charge on any atom is -0.358 e. The normalized spacial score (nSPS) is 12.3. The fraction of sp³-hybridized carbons (Fsp3) is 0.500. The van der Waals surface area contributed by atoms with E-state index in [4.69, 9.17) is 17.3 Å². The molecule has 0 fully saturated rings. The molecule has 1 amide bonds. The number of hydrogen-bond donors (Lipinski definition) is 2. The minimum absolute atomic E-state index is 0.221. The zero-order chi connectivity index (χ0) is 8.15. The van der Waals surface area contributed by atoms with Crippen LogP contribution in [0.2, 0.25) is 0 Å². The minimum atomic E-state index is -0.574. The van der Waals surface area contributed by atoms with Crippen LogP contribution in [0.4, 0.5) is 0 Å². The van der Waals surface area contributed by atoms with Gasteiger partial charge in [0.05, 0.1) is 6.04 Å². The Hall–Kier alpha value is -0.540. The Bertz CT molecular complexity index is 147. The lowest BCUT2D eigenvalue weighted by Gasteiger charge is -2.07. The smallest absolute Gasteiger partial charge is 0.237 e. The highest BCUT2D eigenvalue weighted by Gasteiger charge is 2.10. The summed E-state index contributed by atoms with van der Waals surface area (Å²) in [6.45, 7) is 3.42. The molecular formula is C6H11ClN2O. The molecule has 1 atom stereocenters. The monoisotopic (exact) mass is 162 g/mol. The van der Waals surface area contributed by atoms with Crippen molar-refractivity contribution in [3.63, 3.8) is 0 Å². The Morgan fingerprint density at radius 1 is 1.90 bits per heavy atom. The number of amides is 1. The van der Waals surface area contributed by atoms with Gasteiger partial charge in [-0.3, -0.25) is 4.79 Å². The average molecular weight is 163 g/mol. The molecule has 0 radical (unpaired) electrons. The van der Waals surface area contributed by atoms with Gasteiger partial charge in [0, 0.05) is 18.5 Å². The molecule has 0 saturated heterocycles. The van der Waals surface area contributed by atoms with E-state index in [9.17, 15) is 4.79 Å². The molecule has 4 heteroatoms. The zero-order valence-electron chi connectivity index (χ0n) is 5.86. The summed E-state index contributed by atoms with van der Waals surface area (Å²) in [6.07, 6.45) is 0.321. The van der Waals surface area contributed by atoms with Gasteiger partial charge in [0.25, 0.3) is 0 Å². The van der Waals surface area contributed by atoms with Gasteiger partial charge in [0.1, 0.15) is 0 Å². The second kappa shape index (κ2) is 4.30. The fourth-order valence-corrected chi connectivity index (χ4v) is 0.683. The highest BCUT2D eigenvalue weighted by atomic mass is 35.5. The molecule has 0 aromatic rings. The quantitative estimate of drug-likeness (QED) is 0.623. The third-order valence-corrected chi connectivity index (χ3v) is 1.18. The van der Waals surface area contributed by atoms with E-state index in [1.807, 2.05) is 0 Å². The van der Waals surface area contributed by atoms with Gasteiger partial charge in [-0.05, 0) is 0 Å². The molecule has 1 unspecified atom stereocenters. The summed E-state index contributed by atoms with van der Waals surface area (Å²) in [5, 5.41) is 2.81. The van der Waals surface area contributed by atoms with Crippen LogP contribution in [0.1, 0.15) is 6.42 Å². The number of nitrogens with two attached hydrogens (primary N) is 1. The predicted molar refractivity (Wildman–Crippen MR) is 41.7 cm³/mol. The van der Waals surface area contributed by atoms with Crippen molar-refractivity contribution in [1.82, 2.24) is 5.32 Å². The van der Waals surface area contributed by atoms with Crippen molar-refractivity contribution in [1.29, 1.82) is 0 Å². The Labute approximate surface area is 65.2 Å². The Morgan fingerprint density at radius 2 is 2.40 bits per heavy atom. The predicted octanol–water partition coefficient (Wildman–Crippen LogP) is 0.202. The van der Waals surface area contributed by atoms with Crippen molar-refractivity contribution in [2.24, 2.45) is 5.73 Å². The molecule has 0 saturated carbocycles. The summed E-state index contributed by atoms with van der Waals surface area (Å²) in [6, 6.07) is -0.574. The van der Waals surface area contributed by atoms with Gasteiger partial charge in [0.15, 0.2) is 0 Å². The zero-order valence-corrected chi connectivity index (χ0v) is 6.61. The van der Waals surface area contributed by atoms with Crippen LogP contribution in [0, 0.1) is 0 Å². The van der Waals surface area contributed by atoms with Gasteiger partial charge in [0.2, 0.25) is 5.91 Å². The molecule has 0 rings (SSSR count). The summed E-state index contributed by atoms with van der Waals surface area (Å²) in [4.78, 5) is 10.7. The van der Waals surface area contributed by atoms with Crippen molar-refractivity contribution >= 4 is 17.5 Å². The van der Waals surface area contributed by atoms with Gasteiger partial charge in [-0.2, -0.15) is 0 Å². The summed E-state index contributed by atoms with van der Waals surface area (Å²) in [7, 11) is 1.53. The highest BCUT2D eigenvalue weighted by molar-refractivity contribution is 6.29. The van der Waals surface area contributed by atoms with Crippen LogP contribution >= 0.6 is 11.6 Å². The molecule has 0 aliphatic carbocycles. The molecule has 58 valence electrons. The number of rotatable bonds is 3. The number of hydrogen-bond acceptors (Lipinski definition) is 2. The number of carbonyl (C=O) groups excluding carboxylic acids is 1. The van der Waals surface area contributed by atoms with Gasteiger partial charge in [-0.15, -0.1) is 0 Å². The second-order valence-corrected chi connectivity index (χ2v) is 2.48. The maximum absolute atomic E-state index is 10.7. The molecule has 0 heterocycles. The van der Waals surface area contributed by atoms with Gasteiger partial charge >= 0.3 is 0 Å². The molecule has 10 heavy (non-hydrogen) atoms. The molecule has 0 aromatic heterocycles. The number of nitrogens with one attached hydrogen (secondary N) is 1. The molecule has 3 N–H and O–H groups in total. The number of likely N-dealkylation sites (N-methyl/N-ethyl adjacent to an activating group) is 1. The van der Waals surface area contributed by atoms with Gasteiger partial charge in [-0.1, -0.05) is 18.2 Å². The lowest BCUT2D eigenvalue weighted by atomic mass is 10.2. The maximum Gasteiger partial charge on any atom is 0.237 e. The van der Waals surface area contributed by atoms with Crippen LogP contribution in [0.3, 0.4) is 0 Å². The van der Waals surface area contributed by atoms with Crippen molar-refractivity contribution in [2.75, 3.05) is 7.05 Å². The first kappa shape index (κ1) is 9.46. The number of halogens is 1. The largest absolute Gasteiger partial charge is 0.358 e. The van der Waals surface area contributed by atoms with E-state index in [-0.39, 0.29) is 5.91 Å². The van der Waals surface area contributed by atoms with E-state index in [0.717, 1.165) is 0 Å². The van der Waals surface area contributed by atoms with E-state index in [0.29, 0.717) is 11.5 Å². The first-order valence-electron chi connectivity index (χ1n) is 2.88. The Balaban J connectivity index is 3.72. The van der Waals surface area contributed by atoms with Crippen LogP contribution in [-0.2, 0) is 4.79 Å². The standard InChI is InChI=1S/C6H11ClN2O/c1-4(7)3-5(8)6(10)9-2/h5H,1,3,8H2,2H3,(H,9,10). The summed E-state index contributed by atoms with van der Waals surface area (Å²) in [5.41, 5.74) is 5.37. The van der Waals surface area contributed by atoms with Crippen LogP contribution < -0.4 is 11.1 Å². The van der Waals surface area contributed by atoms with Crippen LogP contribution in [-0.4, -0.2) is 19.0 Å². The summed E-state index contributed by atoms with van der Waals surface area (Å²) >= 11 is 5.42. The SMILES string of the molecule is C=C(Cl)CC(N)C(=O)NC. The number of carbonyl (C=O) groups is 1. The van der Waals surface area contributed by atoms with Crippen LogP contribution in [0.25, 0.3) is 0 Å². The third kappa shape index (κ3) is 3.48. The molecular weight excluding hydrogens is 152 g/mol. The average Bonchev–Trinajstić information content (AvgIpc) is 1.85. The van der Waals surface area contributed by atoms with E-state index >= 15 is 0 Å². The molecule has 0 aliphatic rings. The van der Waals surface area contributed by atoms with E-state index in [2.05, 4.69) is 11.9 Å². The van der Waals surface area contributed by atoms with Crippen molar-refractivity contribution < 1.29 is 4.79 Å². The lowest BCUT2D eigenvalue weighted by molar-refractivity contribution is -0.121. The van der Waals surface area contributed by atoms with E-state index in [1.165, 1.54) is 7.05 Å². The first-order valence-corrected chi connectivity index (χ1v) is 3.26. The second-order valence-electron chi connectivity index (χ2n) is 1.94. The molecule has 0 spiro atoms. The topological polar surface area (TPSA) is 55.1 Å². The fourth-order valence-electron chi connectivity index (χ4n) is 0.517. The van der Waals surface area contributed by atoms with Crippen molar-refractivity contribution in [2.45, 2.75) is 12.5 Å². The first-order chi connectivity index (χ1) is 4.57. The van der Waals surface area contributed by atoms with E-state index in [1.54, 1.807) is 0 Å². The molecule has 0 aliphatic heterocycles. The lowest BCUT2D eigenvalue weighted by Crippen LogP contribution is -2.38. The van der Waals surface area contributed by atoms with Crippen LogP contribution in [0.5, 0.6) is 0 Å². The van der Waals surface area contributed by atoms with E-state index < -0.39 is 6.04 Å². The van der Waals surface area contributed by atoms with Gasteiger partial charge < -0.3 is 11.1 Å². The summed E-state index contributed by atoms with van der Waals surface area (Å²) < 4.78 is 0. The third-order valence-electron chi connectivity index (χ3n) is 1.02.